The number of hydrogen-bond acceptors (Lipinski definition) is 3. The zero-order valence-corrected chi connectivity index (χ0v) is 20.6. The van der Waals surface area contributed by atoms with Crippen LogP contribution in [0.15, 0.2) is 53.5 Å². The van der Waals surface area contributed by atoms with Gasteiger partial charge < -0.3 is 20.1 Å². The molecule has 0 bridgehead atoms. The SMILES string of the molecule is CCOc1cc(C)ccc1CNC(=NC)NCC1(c2ccccc2)CCOCC1.I. The lowest BCUT2D eigenvalue weighted by Gasteiger charge is -2.38. The lowest BCUT2D eigenvalue weighted by atomic mass is 9.74. The average Bonchev–Trinajstić information content (AvgIpc) is 2.76. The van der Waals surface area contributed by atoms with Gasteiger partial charge in [-0.25, -0.2) is 0 Å². The molecule has 2 aromatic carbocycles. The highest BCUT2D eigenvalue weighted by molar-refractivity contribution is 14.0. The molecule has 1 saturated heterocycles. The van der Waals surface area contributed by atoms with E-state index in [0.29, 0.717) is 13.2 Å². The van der Waals surface area contributed by atoms with Gasteiger partial charge in [0.25, 0.3) is 0 Å². The molecule has 0 spiro atoms. The summed E-state index contributed by atoms with van der Waals surface area (Å²) in [4.78, 5) is 4.43. The number of ether oxygens (including phenoxy) is 2. The third kappa shape index (κ3) is 6.35. The molecule has 0 aromatic heterocycles. The predicted octanol–water partition coefficient (Wildman–Crippen LogP) is 4.43. The van der Waals surface area contributed by atoms with Crippen LogP contribution in [0.5, 0.6) is 5.75 Å². The van der Waals surface area contributed by atoms with Gasteiger partial charge in [-0.2, -0.15) is 0 Å². The molecule has 0 radical (unpaired) electrons. The van der Waals surface area contributed by atoms with Gasteiger partial charge in [-0.15, -0.1) is 24.0 Å². The van der Waals surface area contributed by atoms with Crippen LogP contribution in [0.4, 0.5) is 0 Å². The summed E-state index contributed by atoms with van der Waals surface area (Å²) in [6.07, 6.45) is 2.01. The molecule has 2 aromatic rings. The van der Waals surface area contributed by atoms with Crippen LogP contribution in [0, 0.1) is 6.92 Å². The maximum absolute atomic E-state index is 5.80. The van der Waals surface area contributed by atoms with Gasteiger partial charge in [0.1, 0.15) is 5.75 Å². The quantitative estimate of drug-likeness (QED) is 0.321. The van der Waals surface area contributed by atoms with Crippen molar-refractivity contribution in [3.05, 3.63) is 65.2 Å². The lowest BCUT2D eigenvalue weighted by Crippen LogP contribution is -2.47. The first-order valence-corrected chi connectivity index (χ1v) is 10.5. The van der Waals surface area contributed by atoms with Crippen molar-refractivity contribution in [2.24, 2.45) is 4.99 Å². The number of rotatable bonds is 7. The molecule has 1 heterocycles. The Morgan fingerprint density at radius 1 is 1.10 bits per heavy atom. The van der Waals surface area contributed by atoms with Gasteiger partial charge in [0.05, 0.1) is 6.61 Å². The molecule has 6 heteroatoms. The second kappa shape index (κ2) is 12.2. The second-order valence-electron chi connectivity index (χ2n) is 7.58. The third-order valence-electron chi connectivity index (χ3n) is 5.62. The Labute approximate surface area is 197 Å². The van der Waals surface area contributed by atoms with E-state index in [4.69, 9.17) is 9.47 Å². The molecule has 1 fully saturated rings. The summed E-state index contributed by atoms with van der Waals surface area (Å²) in [5.41, 5.74) is 3.76. The van der Waals surface area contributed by atoms with Gasteiger partial charge in [0.15, 0.2) is 5.96 Å². The van der Waals surface area contributed by atoms with Crippen molar-refractivity contribution in [3.8, 4) is 5.75 Å². The van der Waals surface area contributed by atoms with Crippen molar-refractivity contribution in [1.82, 2.24) is 10.6 Å². The Hall–Kier alpha value is -1.80. The summed E-state index contributed by atoms with van der Waals surface area (Å²) >= 11 is 0. The number of guanidine groups is 1. The number of nitrogens with one attached hydrogen (secondary N) is 2. The first-order valence-electron chi connectivity index (χ1n) is 10.5. The predicted molar refractivity (Wildman–Crippen MR) is 134 cm³/mol. The van der Waals surface area contributed by atoms with Crippen LogP contribution >= 0.6 is 24.0 Å². The van der Waals surface area contributed by atoms with E-state index in [2.05, 4.69) is 71.1 Å². The van der Waals surface area contributed by atoms with Gasteiger partial charge in [0.2, 0.25) is 0 Å². The normalized spacial score (nSPS) is 15.8. The minimum atomic E-state index is 0. The van der Waals surface area contributed by atoms with Crippen molar-refractivity contribution in [1.29, 1.82) is 0 Å². The zero-order valence-electron chi connectivity index (χ0n) is 18.2. The largest absolute Gasteiger partial charge is 0.494 e. The van der Waals surface area contributed by atoms with Gasteiger partial charge in [-0.1, -0.05) is 42.5 Å². The Morgan fingerprint density at radius 3 is 2.50 bits per heavy atom. The molecule has 0 amide bonds. The lowest BCUT2D eigenvalue weighted by molar-refractivity contribution is 0.0514. The van der Waals surface area contributed by atoms with Crippen LogP contribution in [0.2, 0.25) is 0 Å². The zero-order chi connectivity index (χ0) is 20.5. The summed E-state index contributed by atoms with van der Waals surface area (Å²) in [7, 11) is 1.81. The van der Waals surface area contributed by atoms with E-state index < -0.39 is 0 Å². The maximum atomic E-state index is 5.80. The minimum Gasteiger partial charge on any atom is -0.494 e. The fourth-order valence-corrected chi connectivity index (χ4v) is 3.87. The first-order chi connectivity index (χ1) is 14.2. The standard InChI is InChI=1S/C24H33N3O2.HI/c1-4-29-22-16-19(2)10-11-20(22)17-26-23(25-3)27-18-24(12-14-28-15-13-24)21-8-6-5-7-9-21;/h5-11,16H,4,12-15,17-18H2,1-3H3,(H2,25,26,27);1H. The number of halogens is 1. The Bertz CT molecular complexity index is 805. The van der Waals surface area contributed by atoms with Crippen LogP contribution in [0.25, 0.3) is 0 Å². The highest BCUT2D eigenvalue weighted by Gasteiger charge is 2.34. The summed E-state index contributed by atoms with van der Waals surface area (Å²) in [5.74, 6) is 1.73. The smallest absolute Gasteiger partial charge is 0.191 e. The molecule has 2 N–H and O–H groups in total. The summed E-state index contributed by atoms with van der Waals surface area (Å²) in [6.45, 7) is 7.83. The van der Waals surface area contributed by atoms with E-state index in [1.807, 2.05) is 14.0 Å². The first kappa shape index (κ1) is 24.5. The van der Waals surface area contributed by atoms with Crippen LogP contribution in [0.1, 0.15) is 36.5 Å². The van der Waals surface area contributed by atoms with Gasteiger partial charge in [-0.05, 0) is 43.9 Å². The molecule has 0 unspecified atom stereocenters. The number of aryl methyl sites for hydroxylation is 1. The average molecular weight is 523 g/mol. The Morgan fingerprint density at radius 2 is 1.83 bits per heavy atom. The molecule has 0 atom stereocenters. The molecular formula is C24H34IN3O2. The maximum Gasteiger partial charge on any atom is 0.191 e. The van der Waals surface area contributed by atoms with E-state index in [1.165, 1.54) is 11.1 Å². The molecular weight excluding hydrogens is 489 g/mol. The van der Waals surface area contributed by atoms with Crippen LogP contribution < -0.4 is 15.4 Å². The van der Waals surface area contributed by atoms with E-state index in [9.17, 15) is 0 Å². The highest BCUT2D eigenvalue weighted by atomic mass is 127. The van der Waals surface area contributed by atoms with E-state index >= 15 is 0 Å². The van der Waals surface area contributed by atoms with Gasteiger partial charge in [0, 0.05) is 44.3 Å². The molecule has 5 nitrogen and oxygen atoms in total. The Kier molecular flexibility index (Phi) is 9.91. The Balaban J connectivity index is 0.00000320. The van der Waals surface area contributed by atoms with Crippen molar-refractivity contribution in [2.75, 3.05) is 33.4 Å². The van der Waals surface area contributed by atoms with E-state index in [-0.39, 0.29) is 29.4 Å². The fourth-order valence-electron chi connectivity index (χ4n) is 3.87. The summed E-state index contributed by atoms with van der Waals surface area (Å²) in [5, 5.41) is 6.99. The highest BCUT2D eigenvalue weighted by Crippen LogP contribution is 2.34. The molecule has 0 saturated carbocycles. The molecule has 164 valence electrons. The number of nitrogens with zero attached hydrogens (tertiary/aromatic N) is 1. The monoisotopic (exact) mass is 523 g/mol. The van der Waals surface area contributed by atoms with Crippen LogP contribution in [-0.4, -0.2) is 39.4 Å². The molecule has 1 aliphatic rings. The van der Waals surface area contributed by atoms with Crippen LogP contribution in [0.3, 0.4) is 0 Å². The summed E-state index contributed by atoms with van der Waals surface area (Å²) in [6, 6.07) is 17.1. The van der Waals surface area contributed by atoms with Crippen molar-refractivity contribution in [2.45, 2.75) is 38.6 Å². The molecule has 3 rings (SSSR count). The van der Waals surface area contributed by atoms with Gasteiger partial charge >= 0.3 is 0 Å². The third-order valence-corrected chi connectivity index (χ3v) is 5.62. The van der Waals surface area contributed by atoms with Crippen LogP contribution in [-0.2, 0) is 16.7 Å². The summed E-state index contributed by atoms with van der Waals surface area (Å²) < 4.78 is 11.4. The number of aliphatic imine (C=N–C) groups is 1. The molecule has 30 heavy (non-hydrogen) atoms. The second-order valence-corrected chi connectivity index (χ2v) is 7.58. The minimum absolute atomic E-state index is 0. The van der Waals surface area contributed by atoms with Gasteiger partial charge in [-0.3, -0.25) is 4.99 Å². The van der Waals surface area contributed by atoms with E-state index in [0.717, 1.165) is 49.9 Å². The topological polar surface area (TPSA) is 54.9 Å². The molecule has 0 aliphatic carbocycles. The van der Waals surface area contributed by atoms with Crippen molar-refractivity contribution in [3.63, 3.8) is 0 Å². The molecule has 1 aliphatic heterocycles. The van der Waals surface area contributed by atoms with Crippen molar-refractivity contribution < 1.29 is 9.47 Å². The van der Waals surface area contributed by atoms with Crippen molar-refractivity contribution >= 4 is 29.9 Å². The van der Waals surface area contributed by atoms with E-state index in [1.54, 1.807) is 0 Å². The number of benzene rings is 2. The number of hydrogen-bond donors (Lipinski definition) is 2. The fraction of sp³-hybridized carbons (Fsp3) is 0.458.